The lowest BCUT2D eigenvalue weighted by molar-refractivity contribution is -0.141. The molecule has 1 saturated heterocycles. The molecule has 0 spiro atoms. The first-order valence-electron chi connectivity index (χ1n) is 17.9. The van der Waals surface area contributed by atoms with Crippen molar-refractivity contribution in [1.82, 2.24) is 30.2 Å². The first kappa shape index (κ1) is 37.4. The van der Waals surface area contributed by atoms with Crippen molar-refractivity contribution >= 4 is 44.9 Å². The first-order chi connectivity index (χ1) is 24.4. The van der Waals surface area contributed by atoms with Crippen LogP contribution in [-0.4, -0.2) is 87.7 Å². The number of benzene rings is 1. The summed E-state index contributed by atoms with van der Waals surface area (Å²) in [6, 6.07) is 1.81. The van der Waals surface area contributed by atoms with Gasteiger partial charge >= 0.3 is 6.09 Å². The number of rotatable bonds is 6. The molecule has 0 radical (unpaired) electrons. The monoisotopic (exact) mass is 742 g/mol. The van der Waals surface area contributed by atoms with E-state index in [9.17, 15) is 32.0 Å². The zero-order valence-electron chi connectivity index (χ0n) is 30.2. The first-order valence-corrected chi connectivity index (χ1v) is 19.3. The van der Waals surface area contributed by atoms with Gasteiger partial charge in [-0.3, -0.25) is 19.1 Å². The van der Waals surface area contributed by atoms with Crippen LogP contribution in [0.1, 0.15) is 91.2 Å². The molecule has 2 aliphatic heterocycles. The average Bonchev–Trinajstić information content (AvgIpc) is 3.93. The van der Waals surface area contributed by atoms with Gasteiger partial charge < -0.3 is 25.0 Å². The molecule has 3 fully saturated rings. The Balaban J connectivity index is 1.31. The summed E-state index contributed by atoms with van der Waals surface area (Å²) in [5.74, 6) is -2.89. The van der Waals surface area contributed by atoms with Crippen molar-refractivity contribution in [2.45, 2.75) is 126 Å². The maximum atomic E-state index is 14.4. The van der Waals surface area contributed by atoms with Gasteiger partial charge in [-0.2, -0.15) is 0 Å². The second kappa shape index (κ2) is 13.9. The van der Waals surface area contributed by atoms with E-state index in [2.05, 4.69) is 25.3 Å². The van der Waals surface area contributed by atoms with Gasteiger partial charge in [-0.25, -0.2) is 27.6 Å². The average molecular weight is 743 g/mol. The van der Waals surface area contributed by atoms with Gasteiger partial charge in [-0.15, -0.1) is 0 Å². The molecule has 3 N–H and O–H groups in total. The largest absolute Gasteiger partial charge is 0.471 e. The lowest BCUT2D eigenvalue weighted by Crippen LogP contribution is -2.58. The Hall–Kier alpha value is -4.34. The summed E-state index contributed by atoms with van der Waals surface area (Å²) in [6.45, 7) is 8.29. The molecule has 1 aromatic carbocycles. The number of hydrogen-bond acceptors (Lipinski definition) is 10. The minimum absolute atomic E-state index is 0.0202. The van der Waals surface area contributed by atoms with Gasteiger partial charge in [0.15, 0.2) is 0 Å². The smallest absolute Gasteiger partial charge is 0.408 e. The molecule has 1 aromatic heterocycles. The fourth-order valence-electron chi connectivity index (χ4n) is 6.77. The Morgan fingerprint density at radius 2 is 1.85 bits per heavy atom. The van der Waals surface area contributed by atoms with Crippen LogP contribution < -0.4 is 20.1 Å². The molecule has 14 nitrogen and oxygen atoms in total. The van der Waals surface area contributed by atoms with E-state index in [1.165, 1.54) is 23.1 Å². The highest BCUT2D eigenvalue weighted by Crippen LogP contribution is 2.47. The molecule has 0 unspecified atom stereocenters. The number of ether oxygens (including phenoxy) is 2. The molecule has 4 amide bonds. The van der Waals surface area contributed by atoms with Gasteiger partial charge in [0, 0.05) is 18.4 Å². The summed E-state index contributed by atoms with van der Waals surface area (Å²) in [6.07, 6.45) is 6.27. The Kier molecular flexibility index (Phi) is 10.0. The summed E-state index contributed by atoms with van der Waals surface area (Å²) in [4.78, 5) is 65.6. The fourth-order valence-corrected chi connectivity index (χ4v) is 8.08. The summed E-state index contributed by atoms with van der Waals surface area (Å²) in [5, 5.41) is 5.54. The molecule has 4 aliphatic rings. The van der Waals surface area contributed by atoms with Crippen LogP contribution in [0, 0.1) is 18.7 Å². The molecule has 0 bridgehead atoms. The molecule has 5 atom stereocenters. The number of aromatic nitrogens is 2. The predicted molar refractivity (Wildman–Crippen MR) is 188 cm³/mol. The lowest BCUT2D eigenvalue weighted by Gasteiger charge is -2.30. The van der Waals surface area contributed by atoms with Crippen molar-refractivity contribution in [2.24, 2.45) is 5.92 Å². The zero-order valence-corrected chi connectivity index (χ0v) is 31.0. The Morgan fingerprint density at radius 3 is 2.56 bits per heavy atom. The van der Waals surface area contributed by atoms with E-state index in [1.54, 1.807) is 34.6 Å². The zero-order chi connectivity index (χ0) is 37.6. The minimum Gasteiger partial charge on any atom is -0.471 e. The van der Waals surface area contributed by atoms with Crippen molar-refractivity contribution in [1.29, 1.82) is 0 Å². The van der Waals surface area contributed by atoms with Gasteiger partial charge in [0.05, 0.1) is 22.3 Å². The van der Waals surface area contributed by atoms with E-state index in [1.807, 2.05) is 12.2 Å². The van der Waals surface area contributed by atoms with Crippen LogP contribution in [0.4, 0.5) is 9.18 Å². The number of nitrogens with one attached hydrogen (secondary N) is 3. The van der Waals surface area contributed by atoms with Crippen molar-refractivity contribution < 1.29 is 41.5 Å². The third-order valence-electron chi connectivity index (χ3n) is 10.2. The van der Waals surface area contributed by atoms with E-state index >= 15 is 0 Å². The number of carbonyl (C=O) groups is 4. The Labute approximate surface area is 302 Å². The van der Waals surface area contributed by atoms with Crippen molar-refractivity contribution in [3.63, 3.8) is 0 Å². The molecule has 2 aliphatic carbocycles. The maximum absolute atomic E-state index is 14.4. The second-order valence-corrected chi connectivity index (χ2v) is 17.8. The minimum atomic E-state index is -4.00. The van der Waals surface area contributed by atoms with E-state index in [-0.39, 0.29) is 37.2 Å². The predicted octanol–water partition coefficient (Wildman–Crippen LogP) is 3.71. The summed E-state index contributed by atoms with van der Waals surface area (Å²) in [5.41, 5.74) is -1.23. The number of alkyl carbamates (subject to hydrolysis) is 1. The summed E-state index contributed by atoms with van der Waals surface area (Å²) in [7, 11) is -4.00. The SMILES string of the molecule is Cc1nc2ccc(F)cc2nc1O[C@@H]1C[C@H]2C(=O)N[C@]3(C(=O)NS(=O)(=O)C4(C)CC4)C[C@H]3/C=C\CCCCC[C@H](NC(=O)OC(C)(C)C)C(=O)N2C1. The topological polar surface area (TPSA) is 186 Å². The molecular formula is C36H47FN6O8S. The lowest BCUT2D eigenvalue weighted by atomic mass is 10.0. The summed E-state index contributed by atoms with van der Waals surface area (Å²) >= 11 is 0. The third-order valence-corrected chi connectivity index (χ3v) is 12.4. The van der Waals surface area contributed by atoms with Crippen LogP contribution in [0.2, 0.25) is 0 Å². The molecular weight excluding hydrogens is 695 g/mol. The highest BCUT2D eigenvalue weighted by atomic mass is 32.2. The number of allylic oxidation sites excluding steroid dienone is 1. The van der Waals surface area contributed by atoms with E-state index in [4.69, 9.17) is 9.47 Å². The van der Waals surface area contributed by atoms with Crippen LogP contribution in [0.3, 0.4) is 0 Å². The van der Waals surface area contributed by atoms with Gasteiger partial charge in [-0.05, 0) is 85.3 Å². The molecule has 16 heteroatoms. The van der Waals surface area contributed by atoms with Crippen LogP contribution in [0.25, 0.3) is 11.0 Å². The van der Waals surface area contributed by atoms with Gasteiger partial charge in [0.2, 0.25) is 27.7 Å². The number of carbonyl (C=O) groups excluding carboxylic acids is 4. The maximum Gasteiger partial charge on any atom is 0.408 e. The van der Waals surface area contributed by atoms with E-state index in [0.29, 0.717) is 36.9 Å². The molecule has 6 rings (SSSR count). The highest BCUT2D eigenvalue weighted by Gasteiger charge is 2.63. The third kappa shape index (κ3) is 8.01. The quantitative estimate of drug-likeness (QED) is 0.369. The molecule has 2 saturated carbocycles. The van der Waals surface area contributed by atoms with Gasteiger partial charge in [0.1, 0.15) is 40.8 Å². The Bertz CT molecular complexity index is 1910. The number of amides is 4. The number of hydrogen-bond donors (Lipinski definition) is 3. The highest BCUT2D eigenvalue weighted by molar-refractivity contribution is 7.91. The van der Waals surface area contributed by atoms with Gasteiger partial charge in [0.25, 0.3) is 5.91 Å². The molecule has 282 valence electrons. The van der Waals surface area contributed by atoms with E-state index in [0.717, 1.165) is 12.8 Å². The normalized spacial score (nSPS) is 28.3. The van der Waals surface area contributed by atoms with Crippen LogP contribution in [0.5, 0.6) is 5.88 Å². The molecule has 2 aromatic rings. The number of halogens is 1. The number of fused-ring (bicyclic) bond motifs is 3. The number of nitrogens with zero attached hydrogens (tertiary/aromatic N) is 3. The van der Waals surface area contributed by atoms with Gasteiger partial charge in [-0.1, -0.05) is 25.0 Å². The van der Waals surface area contributed by atoms with Crippen molar-refractivity contribution in [3.05, 3.63) is 41.9 Å². The Morgan fingerprint density at radius 1 is 1.10 bits per heavy atom. The fraction of sp³-hybridized carbons (Fsp3) is 0.611. The van der Waals surface area contributed by atoms with Crippen molar-refractivity contribution in [2.75, 3.05) is 6.54 Å². The van der Waals surface area contributed by atoms with Crippen LogP contribution >= 0.6 is 0 Å². The second-order valence-electron chi connectivity index (χ2n) is 15.6. The van der Waals surface area contributed by atoms with Crippen LogP contribution in [0.15, 0.2) is 30.4 Å². The molecule has 52 heavy (non-hydrogen) atoms. The van der Waals surface area contributed by atoms with E-state index < -0.39 is 79.6 Å². The summed E-state index contributed by atoms with van der Waals surface area (Å²) < 4.78 is 53.1. The van der Waals surface area contributed by atoms with Crippen molar-refractivity contribution in [3.8, 4) is 5.88 Å². The molecule has 3 heterocycles. The number of aryl methyl sites for hydroxylation is 1. The van der Waals surface area contributed by atoms with Crippen LogP contribution in [-0.2, 0) is 29.1 Å². The standard InChI is InChI=1S/C36H47FN6O8S/c1-21-30(39-27-17-23(37)13-14-25(27)38-21)50-24-18-28-29(44)41-36(32(46)42-52(48,49)35(5)15-16-35)19-22(36)11-9-7-6-8-10-12-26(31(45)43(28)20-24)40-33(47)51-34(2,3)4/h9,11,13-14,17,22,24,26,28H,6-8,10,12,15-16,18-20H2,1-5H3,(H,40,47)(H,41,44)(H,42,46)/b11-9-/t22-,24-,26+,28+,36-/m1/s1. The number of sulfonamides is 1.